The van der Waals surface area contributed by atoms with E-state index in [4.69, 9.17) is 21.1 Å². The third-order valence-corrected chi connectivity index (χ3v) is 1.47. The van der Waals surface area contributed by atoms with Gasteiger partial charge in [0.1, 0.15) is 6.61 Å². The quantitative estimate of drug-likeness (QED) is 0.674. The van der Waals surface area contributed by atoms with Crippen LogP contribution in [0, 0.1) is 0 Å². The molecule has 0 saturated heterocycles. The minimum absolute atomic E-state index is 0.490. The molecule has 0 spiro atoms. The van der Waals surface area contributed by atoms with Crippen LogP contribution < -0.4 is 4.74 Å². The normalized spacial score (nSPS) is 9.83. The van der Waals surface area contributed by atoms with Gasteiger partial charge in [-0.2, -0.15) is 0 Å². The van der Waals surface area contributed by atoms with Crippen LogP contribution in [0.5, 0.6) is 5.88 Å². The van der Waals surface area contributed by atoms with Crippen LogP contribution in [0.15, 0.2) is 18.3 Å². The standard InChI is InChI=1S/C8H10ClNO2/c1-11-4-5-12-8-6-7(9)2-3-10-8/h2-3,6H,4-5H2,1H3. The van der Waals surface area contributed by atoms with E-state index in [1.54, 1.807) is 25.4 Å². The maximum absolute atomic E-state index is 5.71. The van der Waals surface area contributed by atoms with E-state index in [1.807, 2.05) is 0 Å². The van der Waals surface area contributed by atoms with Gasteiger partial charge in [-0.05, 0) is 6.07 Å². The molecule has 4 heteroatoms. The van der Waals surface area contributed by atoms with Gasteiger partial charge in [-0.1, -0.05) is 11.6 Å². The summed E-state index contributed by atoms with van der Waals surface area (Å²) in [5.74, 6) is 0.527. The number of hydrogen-bond acceptors (Lipinski definition) is 3. The molecule has 0 radical (unpaired) electrons. The van der Waals surface area contributed by atoms with Gasteiger partial charge in [0.05, 0.1) is 6.61 Å². The predicted octanol–water partition coefficient (Wildman–Crippen LogP) is 1.76. The lowest BCUT2D eigenvalue weighted by Gasteiger charge is -2.03. The highest BCUT2D eigenvalue weighted by Crippen LogP contribution is 2.13. The second-order valence-electron chi connectivity index (χ2n) is 2.15. The Morgan fingerprint density at radius 1 is 1.50 bits per heavy atom. The number of pyridine rings is 1. The van der Waals surface area contributed by atoms with E-state index in [-0.39, 0.29) is 0 Å². The molecule has 0 fully saturated rings. The van der Waals surface area contributed by atoms with Gasteiger partial charge in [-0.3, -0.25) is 0 Å². The Kier molecular flexibility index (Phi) is 3.84. The summed E-state index contributed by atoms with van der Waals surface area (Å²) in [5.41, 5.74) is 0. The number of nitrogens with zero attached hydrogens (tertiary/aromatic N) is 1. The minimum atomic E-state index is 0.490. The van der Waals surface area contributed by atoms with E-state index in [2.05, 4.69) is 4.98 Å². The first-order chi connectivity index (χ1) is 5.83. The molecule has 0 N–H and O–H groups in total. The molecule has 1 heterocycles. The van der Waals surface area contributed by atoms with Gasteiger partial charge >= 0.3 is 0 Å². The van der Waals surface area contributed by atoms with Gasteiger partial charge in [0.15, 0.2) is 0 Å². The first kappa shape index (κ1) is 9.29. The minimum Gasteiger partial charge on any atom is -0.475 e. The number of rotatable bonds is 4. The fourth-order valence-electron chi connectivity index (χ4n) is 0.694. The maximum Gasteiger partial charge on any atom is 0.214 e. The third-order valence-electron chi connectivity index (χ3n) is 1.23. The van der Waals surface area contributed by atoms with Crippen molar-refractivity contribution < 1.29 is 9.47 Å². The number of methoxy groups -OCH3 is 1. The van der Waals surface area contributed by atoms with Crippen LogP contribution in [0.25, 0.3) is 0 Å². The second kappa shape index (κ2) is 4.95. The van der Waals surface area contributed by atoms with Gasteiger partial charge in [-0.15, -0.1) is 0 Å². The molecule has 3 nitrogen and oxygen atoms in total. The summed E-state index contributed by atoms with van der Waals surface area (Å²) in [6, 6.07) is 3.36. The summed E-state index contributed by atoms with van der Waals surface area (Å²) >= 11 is 5.71. The SMILES string of the molecule is COCCOc1cc(Cl)ccn1. The number of halogens is 1. The van der Waals surface area contributed by atoms with Crippen molar-refractivity contribution in [2.75, 3.05) is 20.3 Å². The average Bonchev–Trinajstić information content (AvgIpc) is 2.05. The van der Waals surface area contributed by atoms with E-state index in [9.17, 15) is 0 Å². The van der Waals surface area contributed by atoms with Crippen LogP contribution in [0.2, 0.25) is 5.02 Å². The van der Waals surface area contributed by atoms with Crippen LogP contribution in [0.4, 0.5) is 0 Å². The first-order valence-corrected chi connectivity index (χ1v) is 3.94. The molecule has 0 saturated carbocycles. The highest BCUT2D eigenvalue weighted by molar-refractivity contribution is 6.30. The molecule has 0 atom stereocenters. The van der Waals surface area contributed by atoms with Crippen molar-refractivity contribution in [2.24, 2.45) is 0 Å². The van der Waals surface area contributed by atoms with Gasteiger partial charge in [0.2, 0.25) is 5.88 Å². The summed E-state index contributed by atoms with van der Waals surface area (Å²) in [5, 5.41) is 0.623. The molecule has 0 amide bonds. The van der Waals surface area contributed by atoms with E-state index < -0.39 is 0 Å². The van der Waals surface area contributed by atoms with Crippen molar-refractivity contribution in [3.63, 3.8) is 0 Å². The van der Waals surface area contributed by atoms with Crippen LogP contribution >= 0.6 is 11.6 Å². The lowest BCUT2D eigenvalue weighted by molar-refractivity contribution is 0.144. The Labute approximate surface area is 76.3 Å². The van der Waals surface area contributed by atoms with Crippen molar-refractivity contribution in [1.82, 2.24) is 4.98 Å². The molecule has 1 rings (SSSR count). The van der Waals surface area contributed by atoms with E-state index in [1.165, 1.54) is 0 Å². The average molecular weight is 188 g/mol. The molecule has 0 unspecified atom stereocenters. The number of aromatic nitrogens is 1. The number of hydrogen-bond donors (Lipinski definition) is 0. The summed E-state index contributed by atoms with van der Waals surface area (Å²) in [6.07, 6.45) is 1.60. The Balaban J connectivity index is 2.41. The molecular formula is C8H10ClNO2. The van der Waals surface area contributed by atoms with Crippen LogP contribution in [0.1, 0.15) is 0 Å². The molecule has 0 bridgehead atoms. The molecule has 66 valence electrons. The van der Waals surface area contributed by atoms with Gasteiger partial charge in [0.25, 0.3) is 0 Å². The Hall–Kier alpha value is -0.800. The van der Waals surface area contributed by atoms with Crippen molar-refractivity contribution in [1.29, 1.82) is 0 Å². The second-order valence-corrected chi connectivity index (χ2v) is 2.59. The summed E-state index contributed by atoms with van der Waals surface area (Å²) in [7, 11) is 1.62. The summed E-state index contributed by atoms with van der Waals surface area (Å²) in [6.45, 7) is 1.04. The smallest absolute Gasteiger partial charge is 0.214 e. The fraction of sp³-hybridized carbons (Fsp3) is 0.375. The van der Waals surface area contributed by atoms with Gasteiger partial charge < -0.3 is 9.47 Å². The van der Waals surface area contributed by atoms with Crippen molar-refractivity contribution >= 4 is 11.6 Å². The Morgan fingerprint density at radius 3 is 3.00 bits per heavy atom. The number of ether oxygens (including phenoxy) is 2. The monoisotopic (exact) mass is 187 g/mol. The molecule has 0 aromatic carbocycles. The van der Waals surface area contributed by atoms with Gasteiger partial charge in [-0.25, -0.2) is 4.98 Å². The Morgan fingerprint density at radius 2 is 2.33 bits per heavy atom. The Bertz CT molecular complexity index is 242. The zero-order valence-electron chi connectivity index (χ0n) is 6.79. The van der Waals surface area contributed by atoms with E-state index in [0.29, 0.717) is 24.1 Å². The lowest BCUT2D eigenvalue weighted by Crippen LogP contribution is -2.04. The highest BCUT2D eigenvalue weighted by Gasteiger charge is 1.94. The molecule has 0 aliphatic heterocycles. The van der Waals surface area contributed by atoms with Gasteiger partial charge in [0, 0.05) is 24.4 Å². The van der Waals surface area contributed by atoms with Crippen molar-refractivity contribution in [2.45, 2.75) is 0 Å². The molecule has 0 aliphatic rings. The maximum atomic E-state index is 5.71. The highest BCUT2D eigenvalue weighted by atomic mass is 35.5. The van der Waals surface area contributed by atoms with Crippen LogP contribution in [-0.2, 0) is 4.74 Å². The third kappa shape index (κ3) is 3.07. The zero-order chi connectivity index (χ0) is 8.81. The lowest BCUT2D eigenvalue weighted by atomic mass is 10.5. The first-order valence-electron chi connectivity index (χ1n) is 3.56. The topological polar surface area (TPSA) is 31.4 Å². The molecule has 12 heavy (non-hydrogen) atoms. The summed E-state index contributed by atoms with van der Waals surface area (Å²) in [4.78, 5) is 3.95. The molecular weight excluding hydrogens is 178 g/mol. The van der Waals surface area contributed by atoms with Crippen LogP contribution in [-0.4, -0.2) is 25.3 Å². The molecule has 1 aromatic rings. The molecule has 1 aromatic heterocycles. The van der Waals surface area contributed by atoms with E-state index in [0.717, 1.165) is 0 Å². The van der Waals surface area contributed by atoms with Crippen molar-refractivity contribution in [3.8, 4) is 5.88 Å². The fourth-order valence-corrected chi connectivity index (χ4v) is 0.843. The molecule has 0 aliphatic carbocycles. The zero-order valence-corrected chi connectivity index (χ0v) is 7.54. The van der Waals surface area contributed by atoms with Crippen LogP contribution in [0.3, 0.4) is 0 Å². The van der Waals surface area contributed by atoms with E-state index >= 15 is 0 Å². The summed E-state index contributed by atoms with van der Waals surface area (Å²) < 4.78 is 10.0. The predicted molar refractivity (Wildman–Crippen MR) is 46.6 cm³/mol. The largest absolute Gasteiger partial charge is 0.475 e. The van der Waals surface area contributed by atoms with Crippen molar-refractivity contribution in [3.05, 3.63) is 23.4 Å².